The number of carboxylic acid groups (broad SMARTS) is 1. The third-order valence-corrected chi connectivity index (χ3v) is 4.93. The highest BCUT2D eigenvalue weighted by Gasteiger charge is 2.44. The molecule has 1 aliphatic carbocycles. The maximum atomic E-state index is 11.8. The summed E-state index contributed by atoms with van der Waals surface area (Å²) in [7, 11) is 0. The smallest absolute Gasteiger partial charge is 0.326 e. The molecule has 128 valence electrons. The Kier molecular flexibility index (Phi) is 4.03. The molecule has 0 saturated carbocycles. The molecular weight excluding hydrogens is 316 g/mol. The van der Waals surface area contributed by atoms with Gasteiger partial charge in [-0.1, -0.05) is 42.5 Å². The van der Waals surface area contributed by atoms with Gasteiger partial charge in [0, 0.05) is 29.9 Å². The van der Waals surface area contributed by atoms with Crippen molar-refractivity contribution in [1.82, 2.24) is 10.5 Å². The van der Waals surface area contributed by atoms with Crippen LogP contribution in [0.3, 0.4) is 0 Å². The molecule has 0 spiro atoms. The van der Waals surface area contributed by atoms with Gasteiger partial charge in [0.2, 0.25) is 0 Å². The highest BCUT2D eigenvalue weighted by Crippen LogP contribution is 2.30. The lowest BCUT2D eigenvalue weighted by molar-refractivity contribution is -0.152. The van der Waals surface area contributed by atoms with Gasteiger partial charge in [-0.25, -0.2) is 0 Å². The molecule has 0 saturated heterocycles. The van der Waals surface area contributed by atoms with Crippen molar-refractivity contribution in [3.8, 4) is 0 Å². The van der Waals surface area contributed by atoms with E-state index in [9.17, 15) is 9.90 Å². The maximum absolute atomic E-state index is 11.8. The number of hydrogen-bond acceptors (Lipinski definition) is 3. The van der Waals surface area contributed by atoms with Crippen LogP contribution in [-0.4, -0.2) is 28.2 Å². The van der Waals surface area contributed by atoms with Gasteiger partial charge in [0.15, 0.2) is 0 Å². The van der Waals surface area contributed by atoms with Crippen molar-refractivity contribution < 1.29 is 14.7 Å². The zero-order valence-electron chi connectivity index (χ0n) is 13.8. The van der Waals surface area contributed by atoms with Gasteiger partial charge >= 0.3 is 5.97 Å². The van der Waals surface area contributed by atoms with E-state index in [1.807, 2.05) is 48.7 Å². The van der Waals surface area contributed by atoms with Crippen LogP contribution in [0, 0.1) is 0 Å². The first-order valence-electron chi connectivity index (χ1n) is 8.42. The van der Waals surface area contributed by atoms with E-state index in [1.165, 1.54) is 5.39 Å². The molecule has 1 heterocycles. The molecule has 0 radical (unpaired) electrons. The fourth-order valence-corrected chi connectivity index (χ4v) is 3.57. The Hall–Kier alpha value is -2.63. The molecule has 0 aliphatic heterocycles. The van der Waals surface area contributed by atoms with Crippen LogP contribution in [0.4, 0.5) is 0 Å². The van der Waals surface area contributed by atoms with Crippen LogP contribution in [-0.2, 0) is 28.9 Å². The molecule has 0 unspecified atom stereocenters. The predicted molar refractivity (Wildman–Crippen MR) is 95.3 cm³/mol. The minimum absolute atomic E-state index is 0.410. The Morgan fingerprint density at radius 2 is 1.80 bits per heavy atom. The van der Waals surface area contributed by atoms with Crippen LogP contribution >= 0.6 is 0 Å². The van der Waals surface area contributed by atoms with E-state index in [-0.39, 0.29) is 0 Å². The summed E-state index contributed by atoms with van der Waals surface area (Å²) in [5, 5.41) is 10.9. The number of hydrogen-bond donors (Lipinski definition) is 3. The fourth-order valence-electron chi connectivity index (χ4n) is 3.57. The number of H-pyrrole nitrogens is 1. The zero-order chi connectivity index (χ0) is 17.3. The lowest BCUT2D eigenvalue weighted by Crippen LogP contribution is -2.53. The third-order valence-electron chi connectivity index (χ3n) is 4.93. The first kappa shape index (κ1) is 15.9. The molecule has 3 N–H and O–H groups in total. The predicted octanol–water partition coefficient (Wildman–Crippen LogP) is 2.85. The van der Waals surface area contributed by atoms with Crippen LogP contribution in [0.5, 0.6) is 0 Å². The summed E-state index contributed by atoms with van der Waals surface area (Å²) in [6.45, 7) is 0.410. The molecular formula is C20H20N2O3. The Bertz CT molecular complexity index is 891. The van der Waals surface area contributed by atoms with Crippen molar-refractivity contribution >= 4 is 16.9 Å². The van der Waals surface area contributed by atoms with E-state index < -0.39 is 11.5 Å². The molecule has 0 amide bonds. The van der Waals surface area contributed by atoms with Gasteiger partial charge in [0.05, 0.1) is 6.61 Å². The zero-order valence-corrected chi connectivity index (χ0v) is 13.8. The standard InChI is InChI=1S/C20H20N2O3/c23-19(24)20(11-14-5-1-2-6-15(14)12-20)22-25-10-9-16-13-21-18-8-4-3-7-17(16)18/h1-8,13,21-22H,9-12H2,(H,23,24). The number of hydroxylamine groups is 1. The van der Waals surface area contributed by atoms with Crippen molar-refractivity contribution in [2.24, 2.45) is 0 Å². The lowest BCUT2D eigenvalue weighted by atomic mass is 9.97. The van der Waals surface area contributed by atoms with Crippen LogP contribution in [0.25, 0.3) is 10.9 Å². The minimum Gasteiger partial charge on any atom is -0.480 e. The minimum atomic E-state index is -1.08. The van der Waals surface area contributed by atoms with Crippen molar-refractivity contribution in [2.75, 3.05) is 6.61 Å². The quantitative estimate of drug-likeness (QED) is 0.478. The number of aromatic nitrogens is 1. The largest absolute Gasteiger partial charge is 0.480 e. The van der Waals surface area contributed by atoms with E-state index in [4.69, 9.17) is 4.84 Å². The molecule has 0 bridgehead atoms. The lowest BCUT2D eigenvalue weighted by Gasteiger charge is -2.24. The van der Waals surface area contributed by atoms with E-state index in [0.29, 0.717) is 25.9 Å². The van der Waals surface area contributed by atoms with Crippen molar-refractivity contribution in [3.63, 3.8) is 0 Å². The Labute approximate surface area is 145 Å². The molecule has 25 heavy (non-hydrogen) atoms. The SMILES string of the molecule is O=C(O)C1(NOCCc2c[nH]c3ccccc23)Cc2ccccc2C1. The molecule has 4 rings (SSSR count). The average Bonchev–Trinajstić information content (AvgIpc) is 3.21. The molecule has 1 aromatic heterocycles. The second kappa shape index (κ2) is 6.35. The summed E-state index contributed by atoms with van der Waals surface area (Å²) in [5.74, 6) is -0.879. The van der Waals surface area contributed by atoms with E-state index >= 15 is 0 Å². The number of carbonyl (C=O) groups is 1. The van der Waals surface area contributed by atoms with Gasteiger partial charge in [0.1, 0.15) is 5.54 Å². The van der Waals surface area contributed by atoms with Gasteiger partial charge in [-0.05, 0) is 29.2 Å². The van der Waals surface area contributed by atoms with Gasteiger partial charge in [0.25, 0.3) is 0 Å². The summed E-state index contributed by atoms with van der Waals surface area (Å²) in [5.41, 5.74) is 6.16. The van der Waals surface area contributed by atoms with Crippen LogP contribution < -0.4 is 5.48 Å². The Morgan fingerprint density at radius 1 is 1.12 bits per heavy atom. The number of carboxylic acids is 1. The maximum Gasteiger partial charge on any atom is 0.326 e. The molecule has 0 fully saturated rings. The number of aromatic amines is 1. The van der Waals surface area contributed by atoms with Gasteiger partial charge in [-0.3, -0.25) is 4.79 Å². The number of para-hydroxylation sites is 1. The first-order chi connectivity index (χ1) is 12.2. The Morgan fingerprint density at radius 3 is 2.52 bits per heavy atom. The average molecular weight is 336 g/mol. The third kappa shape index (κ3) is 2.92. The van der Waals surface area contributed by atoms with E-state index in [2.05, 4.69) is 16.5 Å². The fraction of sp³-hybridized carbons (Fsp3) is 0.250. The van der Waals surface area contributed by atoms with Crippen LogP contribution in [0.2, 0.25) is 0 Å². The highest BCUT2D eigenvalue weighted by atomic mass is 16.6. The number of nitrogens with one attached hydrogen (secondary N) is 2. The Balaban J connectivity index is 1.39. The number of rotatable bonds is 6. The van der Waals surface area contributed by atoms with Gasteiger partial charge in [-0.2, -0.15) is 5.48 Å². The van der Waals surface area contributed by atoms with Gasteiger partial charge in [-0.15, -0.1) is 0 Å². The van der Waals surface area contributed by atoms with E-state index in [0.717, 1.165) is 22.2 Å². The number of aliphatic carboxylic acids is 1. The highest BCUT2D eigenvalue weighted by molar-refractivity contribution is 5.83. The van der Waals surface area contributed by atoms with Gasteiger partial charge < -0.3 is 14.9 Å². The monoisotopic (exact) mass is 336 g/mol. The van der Waals surface area contributed by atoms with Crippen LogP contribution in [0.1, 0.15) is 16.7 Å². The van der Waals surface area contributed by atoms with Crippen LogP contribution in [0.15, 0.2) is 54.7 Å². The summed E-state index contributed by atoms with van der Waals surface area (Å²) in [4.78, 5) is 20.7. The second-order valence-corrected chi connectivity index (χ2v) is 6.57. The van der Waals surface area contributed by atoms with Crippen molar-refractivity contribution in [3.05, 3.63) is 71.4 Å². The molecule has 2 aromatic carbocycles. The summed E-state index contributed by atoms with van der Waals surface area (Å²) >= 11 is 0. The second-order valence-electron chi connectivity index (χ2n) is 6.57. The van der Waals surface area contributed by atoms with Crippen molar-refractivity contribution in [2.45, 2.75) is 24.8 Å². The molecule has 3 aromatic rings. The summed E-state index contributed by atoms with van der Waals surface area (Å²) in [6, 6.07) is 15.9. The molecule has 5 nitrogen and oxygen atoms in total. The molecule has 5 heteroatoms. The number of fused-ring (bicyclic) bond motifs is 2. The van der Waals surface area contributed by atoms with E-state index in [1.54, 1.807) is 0 Å². The summed E-state index contributed by atoms with van der Waals surface area (Å²) in [6.07, 6.45) is 3.56. The normalized spacial score (nSPS) is 15.4. The molecule has 0 atom stereocenters. The molecule has 1 aliphatic rings. The summed E-state index contributed by atoms with van der Waals surface area (Å²) < 4.78 is 0. The topological polar surface area (TPSA) is 74.3 Å². The van der Waals surface area contributed by atoms with Crippen molar-refractivity contribution in [1.29, 1.82) is 0 Å². The number of benzene rings is 2. The first-order valence-corrected chi connectivity index (χ1v) is 8.42.